The van der Waals surface area contributed by atoms with Gasteiger partial charge in [-0.3, -0.25) is 4.79 Å². The Labute approximate surface area is 199 Å². The fourth-order valence-electron chi connectivity index (χ4n) is 3.95. The van der Waals surface area contributed by atoms with Gasteiger partial charge < -0.3 is 15.5 Å². The zero-order valence-electron chi connectivity index (χ0n) is 19.3. The van der Waals surface area contributed by atoms with Gasteiger partial charge in [0.15, 0.2) is 9.84 Å². The Morgan fingerprint density at radius 3 is 2.52 bits per heavy atom. The lowest BCUT2D eigenvalue weighted by atomic mass is 10.0. The fourth-order valence-corrected chi connectivity index (χ4v) is 6.10. The number of nitrogens with zero attached hydrogens (tertiary/aromatic N) is 3. The van der Waals surface area contributed by atoms with Gasteiger partial charge >= 0.3 is 0 Å². The first-order valence-corrected chi connectivity index (χ1v) is 12.8. The summed E-state index contributed by atoms with van der Waals surface area (Å²) in [5.74, 6) is -0.254. The van der Waals surface area contributed by atoms with Crippen LogP contribution in [-0.2, 0) is 16.4 Å². The van der Waals surface area contributed by atoms with E-state index >= 15 is 0 Å². The summed E-state index contributed by atoms with van der Waals surface area (Å²) >= 11 is 6.07. The van der Waals surface area contributed by atoms with Crippen molar-refractivity contribution in [1.82, 2.24) is 9.88 Å². The Kier molecular flexibility index (Phi) is 7.36. The van der Waals surface area contributed by atoms with Gasteiger partial charge in [0.2, 0.25) is 0 Å². The van der Waals surface area contributed by atoms with Gasteiger partial charge in [0.05, 0.1) is 26.9 Å². The molecule has 1 aliphatic rings. The second-order valence-corrected chi connectivity index (χ2v) is 12.0. The van der Waals surface area contributed by atoms with Crippen molar-refractivity contribution in [2.75, 3.05) is 30.3 Å². The summed E-state index contributed by atoms with van der Waals surface area (Å²) in [6.07, 6.45) is 0. The molecule has 1 aromatic carbocycles. The highest BCUT2D eigenvalue weighted by Gasteiger charge is 2.31. The number of halogens is 2. The van der Waals surface area contributed by atoms with E-state index in [0.717, 1.165) is 6.07 Å². The number of amides is 1. The minimum Gasteiger partial charge on any atom is -0.350 e. The van der Waals surface area contributed by atoms with Crippen molar-refractivity contribution < 1.29 is 17.6 Å². The quantitative estimate of drug-likeness (QED) is 0.680. The molecule has 3 rings (SSSR count). The molecule has 1 aromatic heterocycles. The van der Waals surface area contributed by atoms with Crippen LogP contribution in [0.5, 0.6) is 0 Å². The molecule has 2 heterocycles. The lowest BCUT2D eigenvalue weighted by Gasteiger charge is -2.41. The zero-order chi connectivity index (χ0) is 24.6. The molecule has 2 aromatic rings. The summed E-state index contributed by atoms with van der Waals surface area (Å²) in [6.45, 7) is 8.90. The minimum atomic E-state index is -3.53. The second-order valence-electron chi connectivity index (χ2n) is 9.59. The minimum absolute atomic E-state index is 0.00370. The van der Waals surface area contributed by atoms with E-state index in [-0.39, 0.29) is 39.7 Å². The Balaban J connectivity index is 1.84. The predicted octanol–water partition coefficient (Wildman–Crippen LogP) is 3.50. The number of benzene rings is 1. The van der Waals surface area contributed by atoms with E-state index in [9.17, 15) is 17.6 Å². The Bertz CT molecular complexity index is 1150. The van der Waals surface area contributed by atoms with Gasteiger partial charge in [-0.25, -0.2) is 17.8 Å². The topological polar surface area (TPSA) is 96.6 Å². The number of piperazine rings is 1. The number of rotatable bonds is 5. The number of carbonyl (C=O) groups is 1. The number of carbonyl (C=O) groups excluding carboxylic acids is 1. The van der Waals surface area contributed by atoms with Crippen LogP contribution in [0.15, 0.2) is 35.2 Å². The van der Waals surface area contributed by atoms with Gasteiger partial charge in [0, 0.05) is 32.2 Å². The molecule has 33 heavy (non-hydrogen) atoms. The van der Waals surface area contributed by atoms with E-state index in [1.807, 2.05) is 32.6 Å². The zero-order valence-corrected chi connectivity index (χ0v) is 20.9. The van der Waals surface area contributed by atoms with Crippen LogP contribution in [0.3, 0.4) is 0 Å². The van der Waals surface area contributed by atoms with Crippen molar-refractivity contribution in [3.8, 4) is 0 Å². The van der Waals surface area contributed by atoms with Gasteiger partial charge in [0.1, 0.15) is 11.6 Å². The first-order valence-electron chi connectivity index (χ1n) is 10.8. The number of pyridine rings is 1. The third-order valence-corrected chi connectivity index (χ3v) is 7.91. The van der Waals surface area contributed by atoms with Crippen LogP contribution in [0.1, 0.15) is 43.7 Å². The number of aromatic nitrogens is 1. The van der Waals surface area contributed by atoms with Crippen LogP contribution in [-0.4, -0.2) is 55.6 Å². The van der Waals surface area contributed by atoms with Crippen molar-refractivity contribution >= 4 is 33.2 Å². The van der Waals surface area contributed by atoms with Crippen LogP contribution < -0.4 is 10.6 Å². The largest absolute Gasteiger partial charge is 0.350 e. The predicted molar refractivity (Wildman–Crippen MR) is 128 cm³/mol. The molecule has 0 unspecified atom stereocenters. The highest BCUT2D eigenvalue weighted by molar-refractivity contribution is 7.91. The van der Waals surface area contributed by atoms with E-state index in [1.54, 1.807) is 11.0 Å². The molecule has 180 valence electrons. The van der Waals surface area contributed by atoms with Crippen LogP contribution in [0.2, 0.25) is 5.02 Å². The standard InChI is InChI=1S/C23H30ClFN4O3S/c1-15-13-28(22(30)19-6-5-16(25)9-20(19)24)7-8-29(15)21-11-18(10-17(12-26)27-21)33(31,32)14-23(2,3)4/h5-6,9-11,15H,7-8,12-14,26H2,1-4H3/t15-/m0/s1. The van der Waals surface area contributed by atoms with Gasteiger partial charge in [-0.2, -0.15) is 0 Å². The fraction of sp³-hybridized carbons (Fsp3) is 0.478. The number of hydrogen-bond acceptors (Lipinski definition) is 6. The third-order valence-electron chi connectivity index (χ3n) is 5.40. The molecule has 2 N–H and O–H groups in total. The molecule has 10 heteroatoms. The average molecular weight is 497 g/mol. The first-order chi connectivity index (χ1) is 15.3. The number of nitrogens with two attached hydrogens (primary N) is 1. The van der Waals surface area contributed by atoms with Crippen molar-refractivity contribution in [1.29, 1.82) is 0 Å². The molecule has 1 amide bonds. The SMILES string of the molecule is C[C@H]1CN(C(=O)c2ccc(F)cc2Cl)CCN1c1cc(S(=O)(=O)CC(C)(C)C)cc(CN)n1. The Morgan fingerprint density at radius 2 is 1.94 bits per heavy atom. The molecule has 0 spiro atoms. The number of anilines is 1. The molecule has 0 aliphatic carbocycles. The highest BCUT2D eigenvalue weighted by atomic mass is 35.5. The molecule has 1 aliphatic heterocycles. The first kappa shape index (κ1) is 25.4. The van der Waals surface area contributed by atoms with Crippen LogP contribution in [0.4, 0.5) is 10.2 Å². The van der Waals surface area contributed by atoms with Crippen LogP contribution >= 0.6 is 11.6 Å². The molecule has 1 saturated heterocycles. The Hall–Kier alpha value is -2.23. The summed E-state index contributed by atoms with van der Waals surface area (Å²) in [5.41, 5.74) is 6.15. The van der Waals surface area contributed by atoms with E-state index in [0.29, 0.717) is 31.1 Å². The van der Waals surface area contributed by atoms with Crippen LogP contribution in [0, 0.1) is 11.2 Å². The number of hydrogen-bond donors (Lipinski definition) is 1. The van der Waals surface area contributed by atoms with E-state index in [4.69, 9.17) is 17.3 Å². The molecular weight excluding hydrogens is 467 g/mol. The van der Waals surface area contributed by atoms with Crippen molar-refractivity contribution in [2.45, 2.75) is 45.2 Å². The second kappa shape index (κ2) is 9.56. The number of sulfone groups is 1. The lowest BCUT2D eigenvalue weighted by Crippen LogP contribution is -2.54. The van der Waals surface area contributed by atoms with Gasteiger partial charge in [0.25, 0.3) is 5.91 Å². The maximum atomic E-state index is 13.3. The molecule has 0 radical (unpaired) electrons. The van der Waals surface area contributed by atoms with Gasteiger partial charge in [-0.15, -0.1) is 0 Å². The van der Waals surface area contributed by atoms with Gasteiger partial charge in [-0.1, -0.05) is 32.4 Å². The summed E-state index contributed by atoms with van der Waals surface area (Å²) in [5, 5.41) is 0.0705. The maximum Gasteiger partial charge on any atom is 0.255 e. The summed E-state index contributed by atoms with van der Waals surface area (Å²) in [4.78, 5) is 21.3. The molecule has 7 nitrogen and oxygen atoms in total. The Morgan fingerprint density at radius 1 is 1.24 bits per heavy atom. The summed E-state index contributed by atoms with van der Waals surface area (Å²) in [6, 6.07) is 6.70. The van der Waals surface area contributed by atoms with E-state index in [2.05, 4.69) is 4.98 Å². The van der Waals surface area contributed by atoms with Crippen molar-refractivity contribution in [2.24, 2.45) is 11.1 Å². The van der Waals surface area contributed by atoms with Gasteiger partial charge in [-0.05, 0) is 42.7 Å². The molecule has 0 bridgehead atoms. The molecule has 0 saturated carbocycles. The van der Waals surface area contributed by atoms with Crippen molar-refractivity contribution in [3.63, 3.8) is 0 Å². The summed E-state index contributed by atoms with van der Waals surface area (Å²) in [7, 11) is -3.53. The van der Waals surface area contributed by atoms with Crippen LogP contribution in [0.25, 0.3) is 0 Å². The normalized spacial score (nSPS) is 17.4. The van der Waals surface area contributed by atoms with E-state index in [1.165, 1.54) is 18.2 Å². The molecular formula is C23H30ClFN4O3S. The smallest absolute Gasteiger partial charge is 0.255 e. The third kappa shape index (κ3) is 6.02. The molecule has 1 atom stereocenters. The maximum absolute atomic E-state index is 13.3. The lowest BCUT2D eigenvalue weighted by molar-refractivity contribution is 0.0726. The molecule has 1 fully saturated rings. The summed E-state index contributed by atoms with van der Waals surface area (Å²) < 4.78 is 39.4. The monoisotopic (exact) mass is 496 g/mol. The van der Waals surface area contributed by atoms with Crippen molar-refractivity contribution in [3.05, 3.63) is 52.4 Å². The highest BCUT2D eigenvalue weighted by Crippen LogP contribution is 2.28. The van der Waals surface area contributed by atoms with E-state index < -0.39 is 21.1 Å². The average Bonchev–Trinajstić information content (AvgIpc) is 2.71.